The van der Waals surface area contributed by atoms with Crippen LogP contribution in [0.4, 0.5) is 0 Å². The second-order valence-electron chi connectivity index (χ2n) is 8.52. The third-order valence-corrected chi connectivity index (χ3v) is 6.55. The minimum Gasteiger partial charge on any atom is -0.493 e. The van der Waals surface area contributed by atoms with Crippen LogP contribution in [-0.4, -0.2) is 37.3 Å². The second kappa shape index (κ2) is 8.50. The molecule has 5 aromatic rings. The van der Waals surface area contributed by atoms with Crippen LogP contribution in [0.15, 0.2) is 58.1 Å². The molecule has 2 aromatic carbocycles. The lowest BCUT2D eigenvalue weighted by atomic mass is 10.1. The van der Waals surface area contributed by atoms with Crippen LogP contribution in [0.5, 0.6) is 11.5 Å². The first-order chi connectivity index (χ1) is 16.9. The number of hydrogen-bond acceptors (Lipinski definition) is 5. The molecule has 0 fully saturated rings. The summed E-state index contributed by atoms with van der Waals surface area (Å²) in [7, 11) is 6.36. The van der Waals surface area contributed by atoms with Gasteiger partial charge in [-0.3, -0.25) is 18.3 Å². The van der Waals surface area contributed by atoms with E-state index in [9.17, 15) is 9.59 Å². The van der Waals surface area contributed by atoms with Crippen molar-refractivity contribution in [2.75, 3.05) is 14.2 Å². The van der Waals surface area contributed by atoms with Gasteiger partial charge in [0.2, 0.25) is 5.78 Å². The van der Waals surface area contributed by atoms with Crippen molar-refractivity contribution in [2.24, 2.45) is 14.1 Å². The van der Waals surface area contributed by atoms with E-state index in [1.807, 2.05) is 59.9 Å². The summed E-state index contributed by atoms with van der Waals surface area (Å²) in [6.07, 6.45) is 0.699. The molecule has 0 aliphatic carbocycles. The Morgan fingerprint density at radius 2 is 1.63 bits per heavy atom. The third-order valence-electron chi connectivity index (χ3n) is 6.55. The number of nitrogens with zero attached hydrogens (tertiary/aromatic N) is 5. The summed E-state index contributed by atoms with van der Waals surface area (Å²) in [5, 5.41) is 0. The predicted molar refractivity (Wildman–Crippen MR) is 135 cm³/mol. The highest BCUT2D eigenvalue weighted by Crippen LogP contribution is 2.31. The zero-order valence-electron chi connectivity index (χ0n) is 20.4. The van der Waals surface area contributed by atoms with Gasteiger partial charge < -0.3 is 14.0 Å². The number of aromatic nitrogens is 5. The van der Waals surface area contributed by atoms with Gasteiger partial charge in [0.1, 0.15) is 0 Å². The number of aryl methyl sites for hydroxylation is 4. The van der Waals surface area contributed by atoms with Gasteiger partial charge in [-0.25, -0.2) is 4.79 Å². The molecule has 0 spiro atoms. The van der Waals surface area contributed by atoms with E-state index in [0.29, 0.717) is 41.4 Å². The average molecular weight is 474 g/mol. The maximum atomic E-state index is 13.1. The van der Waals surface area contributed by atoms with Gasteiger partial charge in [-0.1, -0.05) is 36.4 Å². The van der Waals surface area contributed by atoms with Crippen molar-refractivity contribution in [2.45, 2.75) is 19.9 Å². The number of hydrogen-bond donors (Lipinski definition) is 0. The fourth-order valence-corrected chi connectivity index (χ4v) is 4.73. The number of rotatable bonds is 6. The van der Waals surface area contributed by atoms with Gasteiger partial charge in [-0.05, 0) is 31.0 Å². The SMILES string of the molecule is COc1ccc(CCn2c(-c3ccccc3)c(C)n3c4c(=O)n(C)c(=O)n(C)c4nc23)cc1OC. The van der Waals surface area contributed by atoms with Crippen LogP contribution in [0.1, 0.15) is 11.3 Å². The van der Waals surface area contributed by atoms with Gasteiger partial charge in [0.15, 0.2) is 22.7 Å². The van der Waals surface area contributed by atoms with E-state index in [1.54, 1.807) is 21.3 Å². The van der Waals surface area contributed by atoms with Gasteiger partial charge in [-0.15, -0.1) is 0 Å². The Bertz CT molecular complexity index is 1690. The number of methoxy groups -OCH3 is 2. The molecule has 0 amide bonds. The Hall–Kier alpha value is -4.27. The molecule has 0 saturated heterocycles. The lowest BCUT2D eigenvalue weighted by Gasteiger charge is -2.12. The molecule has 5 rings (SSSR count). The lowest BCUT2D eigenvalue weighted by Crippen LogP contribution is -2.37. The molecule has 9 heteroatoms. The lowest BCUT2D eigenvalue weighted by molar-refractivity contribution is 0.354. The zero-order valence-corrected chi connectivity index (χ0v) is 20.4. The molecule has 0 radical (unpaired) electrons. The predicted octanol–water partition coefficient (Wildman–Crippen LogP) is 2.92. The molecular weight excluding hydrogens is 446 g/mol. The van der Waals surface area contributed by atoms with Crippen LogP contribution in [0.2, 0.25) is 0 Å². The van der Waals surface area contributed by atoms with Crippen LogP contribution in [-0.2, 0) is 27.1 Å². The van der Waals surface area contributed by atoms with Crippen molar-refractivity contribution in [3.05, 3.63) is 80.6 Å². The highest BCUT2D eigenvalue weighted by Gasteiger charge is 2.24. The molecule has 0 N–H and O–H groups in total. The first kappa shape index (κ1) is 22.5. The van der Waals surface area contributed by atoms with Crippen LogP contribution in [0.3, 0.4) is 0 Å². The molecule has 0 aliphatic heterocycles. The van der Waals surface area contributed by atoms with Crippen LogP contribution >= 0.6 is 0 Å². The fraction of sp³-hybridized carbons (Fsp3) is 0.269. The summed E-state index contributed by atoms with van der Waals surface area (Å²) in [4.78, 5) is 30.5. The van der Waals surface area contributed by atoms with Gasteiger partial charge >= 0.3 is 5.69 Å². The van der Waals surface area contributed by atoms with Crippen molar-refractivity contribution in [1.29, 1.82) is 0 Å². The van der Waals surface area contributed by atoms with Crippen molar-refractivity contribution in [3.8, 4) is 22.8 Å². The third kappa shape index (κ3) is 3.42. The summed E-state index contributed by atoms with van der Waals surface area (Å²) in [5.41, 5.74) is 3.96. The Labute approximate surface area is 201 Å². The van der Waals surface area contributed by atoms with E-state index in [1.165, 1.54) is 11.6 Å². The van der Waals surface area contributed by atoms with E-state index in [0.717, 1.165) is 27.1 Å². The first-order valence-electron chi connectivity index (χ1n) is 11.3. The van der Waals surface area contributed by atoms with Gasteiger partial charge in [-0.2, -0.15) is 4.98 Å². The maximum Gasteiger partial charge on any atom is 0.332 e. The molecule has 9 nitrogen and oxygen atoms in total. The number of ether oxygens (including phenoxy) is 2. The standard InChI is InChI=1S/C26H27N5O4/c1-16-21(18-9-7-6-8-10-18)30(14-13-17-11-12-19(34-4)20(15-17)35-5)25-27-23-22(31(16)25)24(32)29(3)26(33)28(23)2/h6-12,15H,13-14H2,1-5H3. The van der Waals surface area contributed by atoms with Gasteiger partial charge in [0.25, 0.3) is 5.56 Å². The number of fused-ring (bicyclic) bond motifs is 3. The van der Waals surface area contributed by atoms with Gasteiger partial charge in [0, 0.05) is 31.9 Å². The summed E-state index contributed by atoms with van der Waals surface area (Å²) in [6, 6.07) is 15.9. The Balaban J connectivity index is 1.74. The fourth-order valence-electron chi connectivity index (χ4n) is 4.73. The van der Waals surface area contributed by atoms with Gasteiger partial charge in [0.05, 0.1) is 19.9 Å². The van der Waals surface area contributed by atoms with E-state index in [4.69, 9.17) is 14.5 Å². The largest absolute Gasteiger partial charge is 0.493 e. The van der Waals surface area contributed by atoms with Crippen molar-refractivity contribution >= 4 is 16.9 Å². The van der Waals surface area contributed by atoms with Crippen LogP contribution < -0.4 is 20.7 Å². The topological polar surface area (TPSA) is 84.7 Å². The van der Waals surface area contributed by atoms with Crippen LogP contribution in [0.25, 0.3) is 28.2 Å². The maximum absolute atomic E-state index is 13.1. The Morgan fingerprint density at radius 3 is 2.31 bits per heavy atom. The molecule has 3 heterocycles. The molecule has 0 unspecified atom stereocenters. The van der Waals surface area contributed by atoms with E-state index >= 15 is 0 Å². The van der Waals surface area contributed by atoms with Crippen LogP contribution in [0, 0.1) is 6.92 Å². The molecule has 0 aliphatic rings. The van der Waals surface area contributed by atoms with E-state index < -0.39 is 5.69 Å². The summed E-state index contributed by atoms with van der Waals surface area (Å²) < 4.78 is 17.4. The molecule has 0 atom stereocenters. The highest BCUT2D eigenvalue weighted by atomic mass is 16.5. The van der Waals surface area contributed by atoms with E-state index in [-0.39, 0.29) is 5.56 Å². The molecular formula is C26H27N5O4. The van der Waals surface area contributed by atoms with E-state index in [2.05, 4.69) is 4.57 Å². The average Bonchev–Trinajstić information content (AvgIpc) is 3.40. The quantitative estimate of drug-likeness (QED) is 0.379. The molecule has 0 saturated carbocycles. The normalized spacial score (nSPS) is 11.5. The monoisotopic (exact) mass is 473 g/mol. The van der Waals surface area contributed by atoms with Crippen molar-refractivity contribution < 1.29 is 9.47 Å². The zero-order chi connectivity index (χ0) is 24.9. The molecule has 180 valence electrons. The Morgan fingerprint density at radius 1 is 0.914 bits per heavy atom. The molecule has 3 aromatic heterocycles. The minimum absolute atomic E-state index is 0.365. The highest BCUT2D eigenvalue weighted by molar-refractivity contribution is 5.79. The minimum atomic E-state index is -0.402. The summed E-state index contributed by atoms with van der Waals surface area (Å²) >= 11 is 0. The van der Waals surface area contributed by atoms with Crippen molar-refractivity contribution in [3.63, 3.8) is 0 Å². The molecule has 0 bridgehead atoms. The molecule has 35 heavy (non-hydrogen) atoms. The number of imidazole rings is 2. The second-order valence-corrected chi connectivity index (χ2v) is 8.52. The summed E-state index contributed by atoms with van der Waals surface area (Å²) in [6.45, 7) is 2.59. The first-order valence-corrected chi connectivity index (χ1v) is 11.3. The Kier molecular flexibility index (Phi) is 5.47. The summed E-state index contributed by atoms with van der Waals surface area (Å²) in [5.74, 6) is 1.97. The number of benzene rings is 2. The van der Waals surface area contributed by atoms with Crippen molar-refractivity contribution in [1.82, 2.24) is 23.1 Å². The smallest absolute Gasteiger partial charge is 0.332 e.